The van der Waals surface area contributed by atoms with Crippen molar-refractivity contribution in [1.29, 1.82) is 0 Å². The molecule has 5 heteroatoms. The molecule has 2 atom stereocenters. The third-order valence-electron chi connectivity index (χ3n) is 4.80. The van der Waals surface area contributed by atoms with Crippen LogP contribution in [0.15, 0.2) is 35.4 Å². The number of fused-ring (bicyclic) bond motifs is 1. The molecule has 3 rings (SSSR count). The minimum absolute atomic E-state index is 0.0404. The van der Waals surface area contributed by atoms with Gasteiger partial charge in [0.15, 0.2) is 11.4 Å². The summed E-state index contributed by atoms with van der Waals surface area (Å²) in [7, 11) is 0. The van der Waals surface area contributed by atoms with Crippen LogP contribution >= 0.6 is 0 Å². The van der Waals surface area contributed by atoms with Gasteiger partial charge in [-0.3, -0.25) is 14.9 Å². The lowest BCUT2D eigenvalue weighted by atomic mass is 9.74. The minimum atomic E-state index is -1.55. The van der Waals surface area contributed by atoms with E-state index in [1.165, 1.54) is 24.3 Å². The number of carbonyl (C=O) groups is 1. The van der Waals surface area contributed by atoms with Crippen LogP contribution in [0.3, 0.4) is 0 Å². The van der Waals surface area contributed by atoms with E-state index in [0.717, 1.165) is 31.3 Å². The number of hydrogen-bond donors (Lipinski definition) is 1. The number of aliphatic hydroxyl groups is 1. The van der Waals surface area contributed by atoms with E-state index in [1.54, 1.807) is 6.92 Å². The highest BCUT2D eigenvalue weighted by Crippen LogP contribution is 2.50. The average molecular weight is 287 g/mol. The molecule has 0 heterocycles. The summed E-state index contributed by atoms with van der Waals surface area (Å²) in [4.78, 5) is 22.8. The lowest BCUT2D eigenvalue weighted by Gasteiger charge is -2.33. The summed E-state index contributed by atoms with van der Waals surface area (Å²) in [6, 6.07) is 5.69. The maximum absolute atomic E-state index is 12.6. The van der Waals surface area contributed by atoms with Gasteiger partial charge in [-0.15, -0.1) is 0 Å². The van der Waals surface area contributed by atoms with Gasteiger partial charge in [0.2, 0.25) is 0 Å². The molecule has 5 nitrogen and oxygen atoms in total. The van der Waals surface area contributed by atoms with Crippen LogP contribution in [0.5, 0.6) is 0 Å². The molecule has 2 aliphatic carbocycles. The number of Topliss-reactive ketones (excluding diaryl/α,β-unsaturated/α-hetero) is 1. The summed E-state index contributed by atoms with van der Waals surface area (Å²) in [6.45, 7) is 1.78. The molecule has 2 aliphatic rings. The maximum Gasteiger partial charge on any atom is 0.269 e. The molecule has 0 radical (unpaired) electrons. The fourth-order valence-corrected chi connectivity index (χ4v) is 3.68. The first-order valence-electron chi connectivity index (χ1n) is 7.18. The highest BCUT2D eigenvalue weighted by atomic mass is 16.6. The molecule has 0 spiro atoms. The Kier molecular flexibility index (Phi) is 3.17. The number of benzene rings is 1. The Labute approximate surface area is 122 Å². The Morgan fingerprint density at radius 2 is 1.95 bits per heavy atom. The quantitative estimate of drug-likeness (QED) is 0.670. The summed E-state index contributed by atoms with van der Waals surface area (Å²) in [6.07, 6.45) is 3.68. The average Bonchev–Trinajstić information content (AvgIpc) is 2.71. The van der Waals surface area contributed by atoms with E-state index >= 15 is 0 Å². The third-order valence-corrected chi connectivity index (χ3v) is 4.80. The number of carbonyl (C=O) groups excluding carboxylic acids is 1. The zero-order chi connectivity index (χ0) is 15.2. The van der Waals surface area contributed by atoms with E-state index in [4.69, 9.17) is 0 Å². The topological polar surface area (TPSA) is 80.4 Å². The van der Waals surface area contributed by atoms with Gasteiger partial charge in [-0.25, -0.2) is 0 Å². The minimum Gasteiger partial charge on any atom is -0.376 e. The summed E-state index contributed by atoms with van der Waals surface area (Å²) in [5.74, 6) is -0.432. The molecule has 1 aromatic rings. The van der Waals surface area contributed by atoms with Crippen molar-refractivity contribution in [3.63, 3.8) is 0 Å². The number of hydrogen-bond acceptors (Lipinski definition) is 4. The number of nitro groups is 1. The Balaban J connectivity index is 2.04. The Bertz CT molecular complexity index is 647. The molecule has 0 bridgehead atoms. The van der Waals surface area contributed by atoms with Crippen LogP contribution in [0.1, 0.15) is 38.2 Å². The lowest BCUT2D eigenvalue weighted by molar-refractivity contribution is -0.384. The highest BCUT2D eigenvalue weighted by Gasteiger charge is 2.53. The first kappa shape index (κ1) is 13.9. The van der Waals surface area contributed by atoms with Crippen LogP contribution in [0.4, 0.5) is 5.69 Å². The van der Waals surface area contributed by atoms with E-state index in [1.807, 2.05) is 0 Å². The molecule has 0 unspecified atom stereocenters. The van der Waals surface area contributed by atoms with Crippen LogP contribution in [0.2, 0.25) is 0 Å². The van der Waals surface area contributed by atoms with Crippen molar-refractivity contribution in [2.45, 2.75) is 38.2 Å². The largest absolute Gasteiger partial charge is 0.376 e. The fourth-order valence-electron chi connectivity index (χ4n) is 3.68. The zero-order valence-electron chi connectivity index (χ0n) is 11.8. The molecule has 110 valence electrons. The smallest absolute Gasteiger partial charge is 0.269 e. The van der Waals surface area contributed by atoms with Gasteiger partial charge in [0.05, 0.1) is 4.92 Å². The van der Waals surface area contributed by atoms with Gasteiger partial charge in [0, 0.05) is 18.1 Å². The Morgan fingerprint density at radius 1 is 1.29 bits per heavy atom. The van der Waals surface area contributed by atoms with Crippen molar-refractivity contribution < 1.29 is 14.8 Å². The Morgan fingerprint density at radius 3 is 2.57 bits per heavy atom. The summed E-state index contributed by atoms with van der Waals surface area (Å²) >= 11 is 0. The predicted molar refractivity (Wildman–Crippen MR) is 76.7 cm³/mol. The number of ketones is 1. The summed E-state index contributed by atoms with van der Waals surface area (Å²) in [5, 5.41) is 21.8. The maximum atomic E-state index is 12.6. The number of nitro benzene ring substituents is 1. The summed E-state index contributed by atoms with van der Waals surface area (Å²) in [5.41, 5.74) is 0.600. The lowest BCUT2D eigenvalue weighted by Crippen LogP contribution is -2.39. The van der Waals surface area contributed by atoms with Gasteiger partial charge in [-0.2, -0.15) is 0 Å². The van der Waals surface area contributed by atoms with Crippen molar-refractivity contribution in [2.75, 3.05) is 0 Å². The first-order valence-corrected chi connectivity index (χ1v) is 7.18. The predicted octanol–water partition coefficient (Wildman–Crippen LogP) is 2.87. The molecule has 1 fully saturated rings. The molecule has 1 N–H and O–H groups in total. The van der Waals surface area contributed by atoms with Crippen molar-refractivity contribution in [1.82, 2.24) is 0 Å². The molecular weight excluding hydrogens is 270 g/mol. The van der Waals surface area contributed by atoms with Gasteiger partial charge >= 0.3 is 0 Å². The monoisotopic (exact) mass is 287 g/mol. The Hall–Kier alpha value is -2.01. The van der Waals surface area contributed by atoms with Crippen molar-refractivity contribution in [3.8, 4) is 0 Å². The van der Waals surface area contributed by atoms with E-state index in [-0.39, 0.29) is 17.4 Å². The molecule has 0 amide bonds. The number of rotatable bonds is 2. The van der Waals surface area contributed by atoms with Crippen molar-refractivity contribution in [2.24, 2.45) is 5.92 Å². The van der Waals surface area contributed by atoms with E-state index in [9.17, 15) is 20.0 Å². The first-order chi connectivity index (χ1) is 9.96. The van der Waals surface area contributed by atoms with Crippen molar-refractivity contribution in [3.05, 3.63) is 51.1 Å². The third kappa shape index (κ3) is 1.92. The second-order valence-electron chi connectivity index (χ2n) is 5.85. The zero-order valence-corrected chi connectivity index (χ0v) is 11.8. The van der Waals surface area contributed by atoms with Crippen LogP contribution in [-0.4, -0.2) is 15.8 Å². The van der Waals surface area contributed by atoms with Gasteiger partial charge in [0.1, 0.15) is 0 Å². The van der Waals surface area contributed by atoms with Crippen LogP contribution in [0, 0.1) is 16.0 Å². The van der Waals surface area contributed by atoms with Gasteiger partial charge in [-0.1, -0.05) is 12.0 Å². The standard InChI is InChI=1S/C16H17NO4/c1-10-13-4-2-3-5-14(13)16(19,15(10)18)11-6-8-12(9-7-11)17(20)21/h6-9,14,19H,2-5H2,1H3/t14-,16+/m1/s1. The van der Waals surface area contributed by atoms with Crippen molar-refractivity contribution >= 4 is 11.5 Å². The molecule has 1 saturated carbocycles. The number of nitrogens with zero attached hydrogens (tertiary/aromatic N) is 1. The molecule has 0 aliphatic heterocycles. The van der Waals surface area contributed by atoms with Gasteiger partial charge in [0.25, 0.3) is 5.69 Å². The van der Waals surface area contributed by atoms with Gasteiger partial charge in [-0.05, 0) is 49.5 Å². The van der Waals surface area contributed by atoms with Gasteiger partial charge < -0.3 is 5.11 Å². The van der Waals surface area contributed by atoms with Crippen LogP contribution < -0.4 is 0 Å². The second-order valence-corrected chi connectivity index (χ2v) is 5.85. The van der Waals surface area contributed by atoms with Crippen LogP contribution in [-0.2, 0) is 10.4 Å². The SMILES string of the molecule is CC1=C2CCCC[C@H]2[C@@](O)(c2ccc([N+](=O)[O-])cc2)C1=O. The van der Waals surface area contributed by atoms with Crippen LogP contribution in [0.25, 0.3) is 0 Å². The summed E-state index contributed by atoms with van der Waals surface area (Å²) < 4.78 is 0. The fraction of sp³-hybridized carbons (Fsp3) is 0.438. The van der Waals surface area contributed by atoms with E-state index in [2.05, 4.69) is 0 Å². The molecule has 0 aromatic heterocycles. The highest BCUT2D eigenvalue weighted by molar-refractivity contribution is 6.06. The number of non-ortho nitro benzene ring substituents is 1. The normalized spacial score (nSPS) is 28.7. The molecule has 21 heavy (non-hydrogen) atoms. The molecule has 0 saturated heterocycles. The van der Waals surface area contributed by atoms with E-state index < -0.39 is 10.5 Å². The molecule has 1 aromatic carbocycles. The molecular formula is C16H17NO4. The second kappa shape index (κ2) is 4.77. The van der Waals surface area contributed by atoms with E-state index in [0.29, 0.717) is 11.1 Å².